The van der Waals surface area contributed by atoms with E-state index in [2.05, 4.69) is 0 Å². The molecule has 1 aromatic rings. The second-order valence-electron chi connectivity index (χ2n) is 5.59. The summed E-state index contributed by atoms with van der Waals surface area (Å²) in [7, 11) is 3.87. The van der Waals surface area contributed by atoms with Gasteiger partial charge in [0.1, 0.15) is 11.6 Å². The average Bonchev–Trinajstić information content (AvgIpc) is 2.78. The van der Waals surface area contributed by atoms with Gasteiger partial charge in [-0.1, -0.05) is 0 Å². The lowest BCUT2D eigenvalue weighted by atomic mass is 10.2. The standard InChI is InChI=1S/C15H21FN2O3/c1-17(2)8-12-7-13(19)9-18(12)15(20)10-21-14-5-3-11(16)4-6-14/h3-6,12-13,19H,7-10H2,1-2H3. The van der Waals surface area contributed by atoms with Crippen LogP contribution in [0.3, 0.4) is 0 Å². The Morgan fingerprint density at radius 3 is 2.71 bits per heavy atom. The number of β-amino-alcohol motifs (C(OH)–C–C–N with tert-alkyl or cyclic N) is 1. The zero-order chi connectivity index (χ0) is 15.4. The Labute approximate surface area is 123 Å². The Hall–Kier alpha value is -1.66. The van der Waals surface area contributed by atoms with Gasteiger partial charge in [0, 0.05) is 19.1 Å². The van der Waals surface area contributed by atoms with E-state index < -0.39 is 6.10 Å². The second-order valence-corrected chi connectivity index (χ2v) is 5.59. The fraction of sp³-hybridized carbons (Fsp3) is 0.533. The lowest BCUT2D eigenvalue weighted by Crippen LogP contribution is -2.43. The van der Waals surface area contributed by atoms with Crippen LogP contribution in [0.15, 0.2) is 24.3 Å². The summed E-state index contributed by atoms with van der Waals surface area (Å²) in [6.07, 6.45) is 0.102. The average molecular weight is 296 g/mol. The minimum absolute atomic E-state index is 0.000632. The molecule has 1 fully saturated rings. The van der Waals surface area contributed by atoms with Crippen LogP contribution >= 0.6 is 0 Å². The number of amides is 1. The minimum Gasteiger partial charge on any atom is -0.484 e. The number of carbonyl (C=O) groups is 1. The number of carbonyl (C=O) groups excluding carboxylic acids is 1. The summed E-state index contributed by atoms with van der Waals surface area (Å²) in [5, 5.41) is 9.75. The Bertz CT molecular complexity index is 478. The third-order valence-electron chi connectivity index (χ3n) is 3.46. The highest BCUT2D eigenvalue weighted by molar-refractivity contribution is 5.78. The highest BCUT2D eigenvalue weighted by atomic mass is 19.1. The molecular weight excluding hydrogens is 275 g/mol. The van der Waals surface area contributed by atoms with Gasteiger partial charge in [0.2, 0.25) is 0 Å². The van der Waals surface area contributed by atoms with Crippen molar-refractivity contribution in [2.75, 3.05) is 33.8 Å². The largest absolute Gasteiger partial charge is 0.484 e. The van der Waals surface area contributed by atoms with Gasteiger partial charge in [-0.05, 0) is 44.8 Å². The molecule has 1 heterocycles. The van der Waals surface area contributed by atoms with Crippen molar-refractivity contribution in [2.45, 2.75) is 18.6 Å². The van der Waals surface area contributed by atoms with Crippen LogP contribution in [0.1, 0.15) is 6.42 Å². The van der Waals surface area contributed by atoms with Crippen molar-refractivity contribution >= 4 is 5.91 Å². The van der Waals surface area contributed by atoms with Crippen LogP contribution in [0.4, 0.5) is 4.39 Å². The lowest BCUT2D eigenvalue weighted by molar-refractivity contribution is -0.134. The van der Waals surface area contributed by atoms with Crippen molar-refractivity contribution in [1.29, 1.82) is 0 Å². The van der Waals surface area contributed by atoms with Gasteiger partial charge in [0.15, 0.2) is 6.61 Å². The lowest BCUT2D eigenvalue weighted by Gasteiger charge is -2.26. The topological polar surface area (TPSA) is 53.0 Å². The maximum Gasteiger partial charge on any atom is 0.260 e. The van der Waals surface area contributed by atoms with Crippen LogP contribution in [0.2, 0.25) is 0 Å². The van der Waals surface area contributed by atoms with Crippen LogP contribution in [0, 0.1) is 5.82 Å². The van der Waals surface area contributed by atoms with Gasteiger partial charge in [-0.2, -0.15) is 0 Å². The Morgan fingerprint density at radius 1 is 1.43 bits per heavy atom. The molecule has 1 aliphatic heterocycles. The Morgan fingerprint density at radius 2 is 2.10 bits per heavy atom. The minimum atomic E-state index is -0.482. The van der Waals surface area contributed by atoms with Crippen molar-refractivity contribution in [1.82, 2.24) is 9.80 Å². The van der Waals surface area contributed by atoms with E-state index in [4.69, 9.17) is 4.74 Å². The zero-order valence-electron chi connectivity index (χ0n) is 12.3. The van der Waals surface area contributed by atoms with E-state index in [9.17, 15) is 14.3 Å². The van der Waals surface area contributed by atoms with Gasteiger partial charge in [0.25, 0.3) is 5.91 Å². The van der Waals surface area contributed by atoms with Crippen molar-refractivity contribution < 1.29 is 19.0 Å². The smallest absolute Gasteiger partial charge is 0.260 e. The van der Waals surface area contributed by atoms with Crippen molar-refractivity contribution in [3.05, 3.63) is 30.1 Å². The van der Waals surface area contributed by atoms with Crippen LogP contribution in [-0.2, 0) is 4.79 Å². The number of rotatable bonds is 5. The van der Waals surface area contributed by atoms with E-state index in [-0.39, 0.29) is 24.4 Å². The van der Waals surface area contributed by atoms with E-state index in [0.717, 1.165) is 0 Å². The molecule has 21 heavy (non-hydrogen) atoms. The molecule has 2 unspecified atom stereocenters. The molecule has 1 N–H and O–H groups in total. The Kier molecular flexibility index (Phi) is 5.14. The summed E-state index contributed by atoms with van der Waals surface area (Å²) in [6.45, 7) is 0.936. The third-order valence-corrected chi connectivity index (χ3v) is 3.46. The van der Waals surface area contributed by atoms with Gasteiger partial charge < -0.3 is 19.6 Å². The molecule has 1 aliphatic rings. The van der Waals surface area contributed by atoms with Gasteiger partial charge in [0.05, 0.1) is 6.10 Å². The highest BCUT2D eigenvalue weighted by Gasteiger charge is 2.34. The third kappa shape index (κ3) is 4.41. The molecule has 1 saturated heterocycles. The molecule has 0 aromatic heterocycles. The number of benzene rings is 1. The first-order chi connectivity index (χ1) is 9.95. The molecule has 116 valence electrons. The first kappa shape index (κ1) is 15.7. The molecule has 0 saturated carbocycles. The number of aliphatic hydroxyl groups is 1. The fourth-order valence-corrected chi connectivity index (χ4v) is 2.55. The van der Waals surface area contributed by atoms with Gasteiger partial charge in [-0.25, -0.2) is 4.39 Å². The zero-order valence-corrected chi connectivity index (χ0v) is 12.3. The normalized spacial score (nSPS) is 21.9. The van der Waals surface area contributed by atoms with Crippen LogP contribution in [0.5, 0.6) is 5.75 Å². The highest BCUT2D eigenvalue weighted by Crippen LogP contribution is 2.19. The number of likely N-dealkylation sites (tertiary alicyclic amines) is 1. The van der Waals surface area contributed by atoms with Gasteiger partial charge >= 0.3 is 0 Å². The number of ether oxygens (including phenoxy) is 1. The molecule has 1 aromatic carbocycles. The molecule has 6 heteroatoms. The first-order valence-electron chi connectivity index (χ1n) is 6.96. The van der Waals surface area contributed by atoms with Gasteiger partial charge in [-0.3, -0.25) is 4.79 Å². The summed E-state index contributed by atoms with van der Waals surface area (Å²) in [5.41, 5.74) is 0. The first-order valence-corrected chi connectivity index (χ1v) is 6.96. The molecule has 0 bridgehead atoms. The molecule has 0 aliphatic carbocycles. The van der Waals surface area contributed by atoms with Crippen LogP contribution < -0.4 is 4.74 Å². The summed E-state index contributed by atoms with van der Waals surface area (Å²) in [6, 6.07) is 5.54. The number of hydrogen-bond donors (Lipinski definition) is 1. The predicted molar refractivity (Wildman–Crippen MR) is 76.6 cm³/mol. The Balaban J connectivity index is 1.90. The molecule has 0 radical (unpaired) electrons. The summed E-state index contributed by atoms with van der Waals surface area (Å²) >= 11 is 0. The summed E-state index contributed by atoms with van der Waals surface area (Å²) < 4.78 is 18.2. The maximum atomic E-state index is 12.8. The SMILES string of the molecule is CN(C)CC1CC(O)CN1C(=O)COc1ccc(F)cc1. The van der Waals surface area contributed by atoms with Crippen molar-refractivity contribution in [3.8, 4) is 5.75 Å². The van der Waals surface area contributed by atoms with E-state index in [0.29, 0.717) is 25.3 Å². The van der Waals surface area contributed by atoms with E-state index in [1.165, 1.54) is 24.3 Å². The summed E-state index contributed by atoms with van der Waals surface area (Å²) in [5.74, 6) is -0.0567. The molecule has 0 spiro atoms. The fourth-order valence-electron chi connectivity index (χ4n) is 2.55. The second kappa shape index (κ2) is 6.87. The van der Waals surface area contributed by atoms with Crippen LogP contribution in [0.25, 0.3) is 0 Å². The maximum absolute atomic E-state index is 12.8. The van der Waals surface area contributed by atoms with E-state index in [1.807, 2.05) is 19.0 Å². The molecule has 5 nitrogen and oxygen atoms in total. The number of aliphatic hydroxyl groups excluding tert-OH is 1. The summed E-state index contributed by atoms with van der Waals surface area (Å²) in [4.78, 5) is 15.9. The number of likely N-dealkylation sites (N-methyl/N-ethyl adjacent to an activating group) is 1. The molecule has 1 amide bonds. The molecule has 2 atom stereocenters. The van der Waals surface area contributed by atoms with Crippen molar-refractivity contribution in [3.63, 3.8) is 0 Å². The number of nitrogens with zero attached hydrogens (tertiary/aromatic N) is 2. The molecule has 2 rings (SSSR count). The van der Waals surface area contributed by atoms with E-state index in [1.54, 1.807) is 4.90 Å². The quantitative estimate of drug-likeness (QED) is 0.870. The number of hydrogen-bond acceptors (Lipinski definition) is 4. The van der Waals surface area contributed by atoms with Crippen LogP contribution in [-0.4, -0.2) is 66.8 Å². The molecular formula is C15H21FN2O3. The number of halogens is 1. The monoisotopic (exact) mass is 296 g/mol. The van der Waals surface area contributed by atoms with E-state index >= 15 is 0 Å². The predicted octanol–water partition coefficient (Wildman–Crippen LogP) is 0.728. The van der Waals surface area contributed by atoms with Crippen molar-refractivity contribution in [2.24, 2.45) is 0 Å². The van der Waals surface area contributed by atoms with Gasteiger partial charge in [-0.15, -0.1) is 0 Å².